The summed E-state index contributed by atoms with van der Waals surface area (Å²) >= 11 is 6.47. The number of methoxy groups -OCH3 is 1. The van der Waals surface area contributed by atoms with Gasteiger partial charge in [0.15, 0.2) is 5.78 Å². The molecular weight excluding hydrogens is 405 g/mol. The molecule has 1 aliphatic carbocycles. The monoisotopic (exact) mass is 425 g/mol. The molecule has 0 spiro atoms. The molecule has 0 saturated carbocycles. The number of hydrogen-bond donors (Lipinski definition) is 1. The molecule has 0 unspecified atom stereocenters. The minimum absolute atomic E-state index is 0.0584. The van der Waals surface area contributed by atoms with Crippen molar-refractivity contribution >= 4 is 23.4 Å². The molecule has 1 aliphatic heterocycles. The molecule has 2 atom stereocenters. The molecule has 0 amide bonds. The van der Waals surface area contributed by atoms with Crippen LogP contribution in [0, 0.1) is 5.82 Å². The zero-order valence-corrected chi connectivity index (χ0v) is 17.4. The second-order valence-corrected chi connectivity index (χ2v) is 7.99. The molecule has 30 heavy (non-hydrogen) atoms. The maximum absolute atomic E-state index is 13.3. The highest BCUT2D eigenvalue weighted by molar-refractivity contribution is 6.31. The number of Topliss-reactive ketones (excluding diaryl/α,β-unsaturated/α-hetero) is 1. The Morgan fingerprint density at radius 2 is 1.83 bits per heavy atom. The molecule has 4 nitrogen and oxygen atoms in total. The third-order valence-corrected chi connectivity index (χ3v) is 6.13. The van der Waals surface area contributed by atoms with Crippen LogP contribution in [-0.2, 0) is 14.3 Å². The van der Waals surface area contributed by atoms with Crippen LogP contribution >= 0.6 is 11.6 Å². The van der Waals surface area contributed by atoms with Gasteiger partial charge in [0, 0.05) is 34.3 Å². The summed E-state index contributed by atoms with van der Waals surface area (Å²) in [6.45, 7) is 1.80. The lowest BCUT2D eigenvalue weighted by molar-refractivity contribution is -0.136. The highest BCUT2D eigenvalue weighted by atomic mass is 35.5. The minimum atomic E-state index is -0.593. The summed E-state index contributed by atoms with van der Waals surface area (Å²) in [6.07, 6.45) is 0.861. The van der Waals surface area contributed by atoms with Crippen LogP contribution in [0.1, 0.15) is 42.7 Å². The van der Waals surface area contributed by atoms with Crippen LogP contribution < -0.4 is 5.32 Å². The number of ether oxygens (including phenoxy) is 1. The molecule has 1 heterocycles. The first-order chi connectivity index (χ1) is 14.4. The Morgan fingerprint density at radius 3 is 2.50 bits per heavy atom. The molecule has 6 heteroatoms. The van der Waals surface area contributed by atoms with Crippen LogP contribution in [0.25, 0.3) is 0 Å². The van der Waals surface area contributed by atoms with Crippen LogP contribution in [-0.4, -0.2) is 18.9 Å². The van der Waals surface area contributed by atoms with Gasteiger partial charge in [0.2, 0.25) is 0 Å². The van der Waals surface area contributed by atoms with Gasteiger partial charge < -0.3 is 10.1 Å². The van der Waals surface area contributed by atoms with E-state index < -0.39 is 11.9 Å². The number of benzene rings is 2. The number of ketones is 1. The van der Waals surface area contributed by atoms with Crippen LogP contribution in [0.4, 0.5) is 4.39 Å². The summed E-state index contributed by atoms with van der Waals surface area (Å²) < 4.78 is 18.3. The predicted molar refractivity (Wildman–Crippen MR) is 112 cm³/mol. The van der Waals surface area contributed by atoms with Gasteiger partial charge in [-0.2, -0.15) is 0 Å². The number of allylic oxidation sites excluding steroid dienone is 3. The third kappa shape index (κ3) is 3.54. The molecule has 2 aliphatic rings. The second-order valence-electron chi connectivity index (χ2n) is 7.58. The lowest BCUT2D eigenvalue weighted by Crippen LogP contribution is -2.36. The SMILES string of the molecule is COC(=O)C1=C(C)NC2=C(C(=O)C[C@H](c3ccc(F)cc3)C2)[C@@H]1c1ccccc1Cl. The molecule has 154 valence electrons. The smallest absolute Gasteiger partial charge is 0.336 e. The first-order valence-electron chi connectivity index (χ1n) is 9.73. The van der Waals surface area contributed by atoms with Gasteiger partial charge >= 0.3 is 5.97 Å². The predicted octanol–water partition coefficient (Wildman–Crippen LogP) is 5.01. The number of nitrogens with one attached hydrogen (secondary N) is 1. The first kappa shape index (κ1) is 20.4. The summed E-state index contributed by atoms with van der Waals surface area (Å²) in [7, 11) is 1.32. The largest absolute Gasteiger partial charge is 0.466 e. The molecule has 0 fully saturated rings. The number of rotatable bonds is 3. The van der Waals surface area contributed by atoms with E-state index in [0.29, 0.717) is 33.9 Å². The van der Waals surface area contributed by atoms with Gasteiger partial charge in [-0.15, -0.1) is 0 Å². The molecule has 2 aromatic rings. The van der Waals surface area contributed by atoms with Crippen LogP contribution in [0.3, 0.4) is 0 Å². The Bertz CT molecular complexity index is 1090. The van der Waals surface area contributed by atoms with Crippen molar-refractivity contribution in [2.45, 2.75) is 31.6 Å². The fourth-order valence-corrected chi connectivity index (χ4v) is 4.66. The van der Waals surface area contributed by atoms with Crippen LogP contribution in [0.5, 0.6) is 0 Å². The fraction of sp³-hybridized carbons (Fsp3) is 0.250. The van der Waals surface area contributed by atoms with E-state index in [1.54, 1.807) is 25.1 Å². The number of hydrogen-bond acceptors (Lipinski definition) is 4. The fourth-order valence-electron chi connectivity index (χ4n) is 4.41. The summed E-state index contributed by atoms with van der Waals surface area (Å²) in [6, 6.07) is 13.5. The zero-order chi connectivity index (χ0) is 21.4. The number of esters is 1. The van der Waals surface area contributed by atoms with Crippen molar-refractivity contribution in [3.05, 3.63) is 93.0 Å². The standard InChI is InChI=1S/C24H21ClFNO3/c1-13-21(24(29)30-2)22(17-5-3-4-6-18(17)25)23-19(27-13)11-15(12-20(23)28)14-7-9-16(26)10-8-14/h3-10,15,22,27H,11-12H2,1-2H3/t15-,22-/m1/s1. The topological polar surface area (TPSA) is 55.4 Å². The van der Waals surface area contributed by atoms with E-state index in [4.69, 9.17) is 16.3 Å². The van der Waals surface area contributed by atoms with E-state index >= 15 is 0 Å². The molecular formula is C24H21ClFNO3. The Labute approximate surface area is 179 Å². The van der Waals surface area contributed by atoms with Crippen molar-refractivity contribution in [3.63, 3.8) is 0 Å². The number of halogens is 2. The van der Waals surface area contributed by atoms with Gasteiger partial charge in [-0.1, -0.05) is 41.9 Å². The van der Waals surface area contributed by atoms with Gasteiger partial charge in [-0.25, -0.2) is 9.18 Å². The van der Waals surface area contributed by atoms with E-state index in [9.17, 15) is 14.0 Å². The maximum Gasteiger partial charge on any atom is 0.336 e. The molecule has 0 bridgehead atoms. The number of carbonyl (C=O) groups excluding carboxylic acids is 2. The van der Waals surface area contributed by atoms with Gasteiger partial charge in [-0.05, 0) is 48.6 Å². The Hall–Kier alpha value is -2.92. The Morgan fingerprint density at radius 1 is 1.13 bits per heavy atom. The van der Waals surface area contributed by atoms with E-state index in [0.717, 1.165) is 11.3 Å². The molecule has 1 N–H and O–H groups in total. The second kappa shape index (κ2) is 8.07. The van der Waals surface area contributed by atoms with Crippen molar-refractivity contribution in [1.29, 1.82) is 0 Å². The van der Waals surface area contributed by atoms with Gasteiger partial charge in [0.05, 0.1) is 12.7 Å². The summed E-state index contributed by atoms with van der Waals surface area (Å²) in [4.78, 5) is 26.0. The van der Waals surface area contributed by atoms with E-state index in [-0.39, 0.29) is 23.9 Å². The van der Waals surface area contributed by atoms with E-state index in [2.05, 4.69) is 5.32 Å². The average molecular weight is 426 g/mol. The average Bonchev–Trinajstić information content (AvgIpc) is 2.73. The number of carbonyl (C=O) groups is 2. The molecule has 0 aromatic heterocycles. The first-order valence-corrected chi connectivity index (χ1v) is 10.1. The summed E-state index contributed by atoms with van der Waals surface area (Å²) in [5, 5.41) is 3.75. The number of dihydropyridines is 1. The van der Waals surface area contributed by atoms with E-state index in [1.165, 1.54) is 19.2 Å². The molecule has 2 aromatic carbocycles. The minimum Gasteiger partial charge on any atom is -0.466 e. The molecule has 0 radical (unpaired) electrons. The van der Waals surface area contributed by atoms with Gasteiger partial charge in [0.1, 0.15) is 5.82 Å². The molecule has 0 saturated heterocycles. The van der Waals surface area contributed by atoms with Crippen molar-refractivity contribution in [1.82, 2.24) is 5.32 Å². The van der Waals surface area contributed by atoms with E-state index in [1.807, 2.05) is 18.2 Å². The van der Waals surface area contributed by atoms with Crippen molar-refractivity contribution in [3.8, 4) is 0 Å². The normalized spacial score (nSPS) is 21.3. The summed E-state index contributed by atoms with van der Waals surface area (Å²) in [5.41, 5.74) is 3.95. The lowest BCUT2D eigenvalue weighted by Gasteiger charge is -2.36. The highest BCUT2D eigenvalue weighted by Crippen LogP contribution is 2.47. The van der Waals surface area contributed by atoms with Crippen LogP contribution in [0.2, 0.25) is 5.02 Å². The third-order valence-electron chi connectivity index (χ3n) is 5.79. The Kier molecular flexibility index (Phi) is 5.48. The summed E-state index contributed by atoms with van der Waals surface area (Å²) in [5.74, 6) is -1.52. The van der Waals surface area contributed by atoms with Crippen molar-refractivity contribution < 1.29 is 18.7 Å². The maximum atomic E-state index is 13.3. The van der Waals surface area contributed by atoms with Gasteiger partial charge in [-0.3, -0.25) is 4.79 Å². The quantitative estimate of drug-likeness (QED) is 0.702. The van der Waals surface area contributed by atoms with Gasteiger partial charge in [0.25, 0.3) is 0 Å². The highest BCUT2D eigenvalue weighted by Gasteiger charge is 2.41. The Balaban J connectivity index is 1.82. The van der Waals surface area contributed by atoms with Crippen molar-refractivity contribution in [2.75, 3.05) is 7.11 Å². The van der Waals surface area contributed by atoms with Crippen molar-refractivity contribution in [2.24, 2.45) is 0 Å². The zero-order valence-electron chi connectivity index (χ0n) is 16.7. The lowest BCUT2D eigenvalue weighted by atomic mass is 9.71. The van der Waals surface area contributed by atoms with Crippen LogP contribution in [0.15, 0.2) is 71.1 Å². The molecule has 4 rings (SSSR count).